The van der Waals surface area contributed by atoms with E-state index in [-0.39, 0.29) is 17.8 Å². The van der Waals surface area contributed by atoms with E-state index in [0.717, 1.165) is 6.04 Å². The van der Waals surface area contributed by atoms with Crippen LogP contribution in [0.4, 0.5) is 0 Å². The second-order valence-electron chi connectivity index (χ2n) is 12.0. The number of ether oxygens (including phenoxy) is 1. The monoisotopic (exact) mass is 621 g/mol. The smallest absolute Gasteiger partial charge is 0.311 e. The first kappa shape index (κ1) is 38.9. The van der Waals surface area contributed by atoms with Crippen molar-refractivity contribution in [3.8, 4) is 70.7 Å². The lowest BCUT2D eigenvalue weighted by molar-refractivity contribution is -0.157. The molecule has 42 heavy (non-hydrogen) atoms. The van der Waals surface area contributed by atoms with Gasteiger partial charge in [0.15, 0.2) is 8.32 Å². The molecule has 0 aromatic carbocycles. The predicted octanol–water partition coefficient (Wildman–Crippen LogP) is 5.18. The maximum Gasteiger partial charge on any atom is 0.311 e. The highest BCUT2D eigenvalue weighted by Crippen LogP contribution is 2.32. The Labute approximate surface area is 258 Å². The van der Waals surface area contributed by atoms with Gasteiger partial charge in [0.2, 0.25) is 5.91 Å². The van der Waals surface area contributed by atoms with Crippen LogP contribution in [0.25, 0.3) is 0 Å². The van der Waals surface area contributed by atoms with Crippen LogP contribution in [0.15, 0.2) is 0 Å². The summed E-state index contributed by atoms with van der Waals surface area (Å²) in [6, 6.07) is 0.830. The molecule has 0 aromatic rings. The van der Waals surface area contributed by atoms with Crippen molar-refractivity contribution in [1.82, 2.24) is 4.90 Å². The molecule has 0 rings (SSSR count). The van der Waals surface area contributed by atoms with Gasteiger partial charge in [-0.3, -0.25) is 9.59 Å². The number of amides is 1. The number of hydrogen-bond donors (Lipinski definition) is 0. The minimum atomic E-state index is -2.47. The van der Waals surface area contributed by atoms with E-state index in [1.807, 2.05) is 47.0 Å². The van der Waals surface area contributed by atoms with Crippen molar-refractivity contribution >= 4 is 37.1 Å². The van der Waals surface area contributed by atoms with Crippen LogP contribution in [-0.2, 0) is 22.6 Å². The van der Waals surface area contributed by atoms with Gasteiger partial charge in [-0.05, 0) is 138 Å². The van der Waals surface area contributed by atoms with Crippen LogP contribution in [0.5, 0.6) is 0 Å². The molecule has 0 saturated heterocycles. The van der Waals surface area contributed by atoms with Gasteiger partial charge in [0, 0.05) is 20.0 Å². The van der Waals surface area contributed by atoms with E-state index >= 15 is 0 Å². The summed E-state index contributed by atoms with van der Waals surface area (Å²) in [4.78, 5) is 26.8. The highest BCUT2D eigenvalue weighted by Gasteiger charge is 2.40. The third-order valence-electron chi connectivity index (χ3n) is 6.12. The lowest BCUT2D eigenvalue weighted by Gasteiger charge is -2.37. The molecule has 0 aliphatic rings. The quantitative estimate of drug-likeness (QED) is 0.123. The Morgan fingerprint density at radius 2 is 1.33 bits per heavy atom. The van der Waals surface area contributed by atoms with E-state index in [1.54, 1.807) is 25.9 Å². The lowest BCUT2D eigenvalue weighted by atomic mass is 9.79. The molecular formula is C33H47NO5Si3. The standard InChI is InChI=1S/C33H47NO5Si3/c1-13-15-16-17-18-19-20-21-22-23-24-27-40(7,8)38-42(11,12)39-41(9,10)28-25-26-37-32(36)33(4,14-2)29-30(3)31(35)34(5)6/h30H,14,25-26,28-29H2,1-12H3. The molecule has 2 atom stereocenters. The first-order valence-electron chi connectivity index (χ1n) is 14.1. The number of carbonyl (C=O) groups is 2. The molecule has 0 radical (unpaired) electrons. The van der Waals surface area contributed by atoms with E-state index in [0.29, 0.717) is 25.9 Å². The first-order valence-corrected chi connectivity index (χ1v) is 23.0. The van der Waals surface area contributed by atoms with Gasteiger partial charge in [0.1, 0.15) is 0 Å². The van der Waals surface area contributed by atoms with Gasteiger partial charge < -0.3 is 17.9 Å². The van der Waals surface area contributed by atoms with Gasteiger partial charge in [-0.2, -0.15) is 0 Å². The fourth-order valence-corrected chi connectivity index (χ4v) is 17.0. The van der Waals surface area contributed by atoms with Crippen molar-refractivity contribution in [3.63, 3.8) is 0 Å². The van der Waals surface area contributed by atoms with Crippen molar-refractivity contribution in [2.75, 3.05) is 20.7 Å². The van der Waals surface area contributed by atoms with Gasteiger partial charge in [0.05, 0.1) is 12.0 Å². The summed E-state index contributed by atoms with van der Waals surface area (Å²) >= 11 is 0. The van der Waals surface area contributed by atoms with Gasteiger partial charge in [0.25, 0.3) is 8.32 Å². The minimum absolute atomic E-state index is 0.0164. The fraction of sp³-hybridized carbons (Fsp3) is 0.576. The Hall–Kier alpha value is -3.13. The van der Waals surface area contributed by atoms with Crippen LogP contribution in [0.2, 0.25) is 45.3 Å². The van der Waals surface area contributed by atoms with Crippen LogP contribution < -0.4 is 0 Å². The van der Waals surface area contributed by atoms with Crippen molar-refractivity contribution in [2.24, 2.45) is 11.3 Å². The van der Waals surface area contributed by atoms with Gasteiger partial charge in [-0.25, -0.2) is 0 Å². The van der Waals surface area contributed by atoms with Crippen LogP contribution in [0.3, 0.4) is 0 Å². The molecule has 0 bridgehead atoms. The van der Waals surface area contributed by atoms with E-state index < -0.39 is 30.6 Å². The highest BCUT2D eigenvalue weighted by molar-refractivity contribution is 6.90. The summed E-state index contributed by atoms with van der Waals surface area (Å²) in [6.07, 6.45) is 1.78. The van der Waals surface area contributed by atoms with Crippen molar-refractivity contribution in [3.05, 3.63) is 0 Å². The highest BCUT2D eigenvalue weighted by atomic mass is 28.5. The number of carbonyl (C=O) groups excluding carboxylic acids is 2. The summed E-state index contributed by atoms with van der Waals surface area (Å²) in [5.74, 6) is 28.6. The van der Waals surface area contributed by atoms with Crippen molar-refractivity contribution < 1.29 is 22.6 Å². The molecule has 0 aromatic heterocycles. The molecule has 9 heteroatoms. The molecule has 1 amide bonds. The second-order valence-corrected chi connectivity index (χ2v) is 23.7. The van der Waals surface area contributed by atoms with E-state index in [2.05, 4.69) is 83.8 Å². The maximum absolute atomic E-state index is 12.9. The molecule has 0 aliphatic carbocycles. The third kappa shape index (κ3) is 17.0. The third-order valence-corrected chi connectivity index (χ3v) is 16.6. The Morgan fingerprint density at radius 3 is 1.81 bits per heavy atom. The summed E-state index contributed by atoms with van der Waals surface area (Å²) in [6.45, 7) is 20.2. The van der Waals surface area contributed by atoms with Crippen LogP contribution >= 0.6 is 0 Å². The molecule has 0 spiro atoms. The zero-order valence-electron chi connectivity index (χ0n) is 27.6. The van der Waals surface area contributed by atoms with Crippen LogP contribution in [0, 0.1) is 82.0 Å². The molecule has 6 nitrogen and oxygen atoms in total. The first-order chi connectivity index (χ1) is 19.4. The summed E-state index contributed by atoms with van der Waals surface area (Å²) in [7, 11) is -3.45. The zero-order valence-corrected chi connectivity index (χ0v) is 30.6. The predicted molar refractivity (Wildman–Crippen MR) is 178 cm³/mol. The fourth-order valence-electron chi connectivity index (χ4n) is 4.28. The maximum atomic E-state index is 12.9. The molecule has 0 aliphatic heterocycles. The molecule has 226 valence electrons. The van der Waals surface area contributed by atoms with E-state index in [4.69, 9.17) is 13.0 Å². The van der Waals surface area contributed by atoms with E-state index in [9.17, 15) is 9.59 Å². The Balaban J connectivity index is 4.95. The van der Waals surface area contributed by atoms with Crippen LogP contribution in [0.1, 0.15) is 47.0 Å². The van der Waals surface area contributed by atoms with Gasteiger partial charge in [-0.15, -0.1) is 0 Å². The number of hydrogen-bond acceptors (Lipinski definition) is 5. The topological polar surface area (TPSA) is 65.1 Å². The van der Waals surface area contributed by atoms with Gasteiger partial charge >= 0.3 is 14.5 Å². The molecule has 2 unspecified atom stereocenters. The van der Waals surface area contributed by atoms with E-state index in [1.165, 1.54) is 0 Å². The molecule has 0 saturated carbocycles. The molecule has 0 heterocycles. The summed E-state index contributed by atoms with van der Waals surface area (Å²) in [5.41, 5.74) is 2.48. The second kappa shape index (κ2) is 18.4. The molecule has 0 N–H and O–H groups in total. The summed E-state index contributed by atoms with van der Waals surface area (Å²) < 4.78 is 18.8. The number of esters is 1. The zero-order chi connectivity index (χ0) is 32.5. The van der Waals surface area contributed by atoms with Crippen molar-refractivity contribution in [2.45, 2.75) is 92.3 Å². The average Bonchev–Trinajstić information content (AvgIpc) is 2.87. The Bertz CT molecular complexity index is 1330. The lowest BCUT2D eigenvalue weighted by Crippen LogP contribution is -2.52. The minimum Gasteiger partial charge on any atom is -0.465 e. The molecule has 0 fully saturated rings. The summed E-state index contributed by atoms with van der Waals surface area (Å²) in [5, 5.41) is 0. The average molecular weight is 622 g/mol. The van der Waals surface area contributed by atoms with Crippen molar-refractivity contribution in [1.29, 1.82) is 0 Å². The normalized spacial score (nSPS) is 12.6. The van der Waals surface area contributed by atoms with Gasteiger partial charge in [-0.1, -0.05) is 25.3 Å². The Morgan fingerprint density at radius 1 is 0.833 bits per heavy atom. The van der Waals surface area contributed by atoms with Crippen LogP contribution in [-0.4, -0.2) is 62.7 Å². The number of rotatable bonds is 13. The number of nitrogens with zero attached hydrogens (tertiary/aromatic N) is 1. The SMILES string of the molecule is CC#CC#CC#CC#CC#CC#C[Si](C)(C)O[Si](C)(C)O[Si](C)(C)CCCOC(=O)C(C)(CC)CC(C)C(=O)N(C)C. The Kier molecular flexibility index (Phi) is 17.0. The largest absolute Gasteiger partial charge is 0.465 e. The molecular weight excluding hydrogens is 575 g/mol.